The number of carbonyl (C=O) groups excluding carboxylic acids is 1. The van der Waals surface area contributed by atoms with Crippen LogP contribution in [0.4, 0.5) is 0 Å². The fraction of sp³-hybridized carbons (Fsp3) is 0.897. The van der Waals surface area contributed by atoms with E-state index in [1.54, 1.807) is 12.5 Å². The molecule has 0 saturated heterocycles. The monoisotopic (exact) mass is 444 g/mol. The first kappa shape index (κ1) is 24.3. The average molecular weight is 445 g/mol. The molecule has 0 aliphatic heterocycles. The summed E-state index contributed by atoms with van der Waals surface area (Å²) in [4.78, 5) is 11.9. The van der Waals surface area contributed by atoms with Crippen molar-refractivity contribution in [3.8, 4) is 0 Å². The van der Waals surface area contributed by atoms with Crippen LogP contribution in [0.3, 0.4) is 0 Å². The number of esters is 1. The van der Waals surface area contributed by atoms with Crippen LogP contribution >= 0.6 is 0 Å². The van der Waals surface area contributed by atoms with Gasteiger partial charge in [0, 0.05) is 6.92 Å². The van der Waals surface area contributed by atoms with Gasteiger partial charge in [0.05, 0.1) is 6.10 Å². The highest BCUT2D eigenvalue weighted by atomic mass is 16.5. The summed E-state index contributed by atoms with van der Waals surface area (Å²) in [6, 6.07) is 0. The molecule has 1 unspecified atom stereocenters. The molecule has 0 heterocycles. The van der Waals surface area contributed by atoms with E-state index in [2.05, 4.69) is 40.7 Å². The lowest BCUT2D eigenvalue weighted by Crippen LogP contribution is -2.51. The van der Waals surface area contributed by atoms with Gasteiger partial charge in [-0.3, -0.25) is 4.79 Å². The Balaban J connectivity index is 1.54. The predicted octanol–water partition coefficient (Wildman–Crippen LogP) is 6.93. The van der Waals surface area contributed by atoms with Gasteiger partial charge in [-0.15, -0.1) is 0 Å². The summed E-state index contributed by atoms with van der Waals surface area (Å²) in [5, 5.41) is 10.3. The van der Waals surface area contributed by atoms with E-state index in [4.69, 9.17) is 4.74 Å². The molecule has 0 aromatic heterocycles. The van der Waals surface area contributed by atoms with E-state index in [-0.39, 0.29) is 18.2 Å². The van der Waals surface area contributed by atoms with Gasteiger partial charge in [0.25, 0.3) is 0 Å². The normalized spacial score (nSPS) is 43.0. The van der Waals surface area contributed by atoms with Gasteiger partial charge in [0.2, 0.25) is 0 Å². The molecule has 0 aromatic rings. The van der Waals surface area contributed by atoms with Crippen LogP contribution in [-0.2, 0) is 9.53 Å². The zero-order valence-corrected chi connectivity index (χ0v) is 21.5. The summed E-state index contributed by atoms with van der Waals surface area (Å²) in [7, 11) is 0. The number of carbonyl (C=O) groups is 1. The Hall–Kier alpha value is -0.830. The molecule has 0 aromatic carbocycles. The summed E-state index contributed by atoms with van der Waals surface area (Å²) in [5.41, 5.74) is 2.24. The van der Waals surface area contributed by atoms with Gasteiger partial charge in [-0.25, -0.2) is 0 Å². The fourth-order valence-electron chi connectivity index (χ4n) is 8.94. The number of aliphatic hydroxyl groups is 1. The van der Waals surface area contributed by atoms with Gasteiger partial charge < -0.3 is 9.84 Å². The molecule has 0 amide bonds. The van der Waals surface area contributed by atoms with Crippen molar-refractivity contribution in [1.82, 2.24) is 0 Å². The van der Waals surface area contributed by atoms with Gasteiger partial charge in [-0.1, -0.05) is 46.3 Å². The van der Waals surface area contributed by atoms with Gasteiger partial charge in [0.1, 0.15) is 6.10 Å². The molecule has 0 bridgehead atoms. The zero-order valence-electron chi connectivity index (χ0n) is 21.5. The second-order valence-corrected chi connectivity index (χ2v) is 12.9. The van der Waals surface area contributed by atoms with Gasteiger partial charge in [-0.2, -0.15) is 0 Å². The summed E-state index contributed by atoms with van der Waals surface area (Å²) in [6.45, 7) is 13.6. The van der Waals surface area contributed by atoms with Gasteiger partial charge in [-0.05, 0) is 111 Å². The third kappa shape index (κ3) is 4.21. The minimum atomic E-state index is -0.125. The molecular weight excluding hydrogens is 396 g/mol. The van der Waals surface area contributed by atoms with Crippen LogP contribution in [0.2, 0.25) is 0 Å². The topological polar surface area (TPSA) is 46.5 Å². The molecule has 4 rings (SSSR count). The van der Waals surface area contributed by atoms with Crippen molar-refractivity contribution in [1.29, 1.82) is 0 Å². The molecule has 0 radical (unpaired) electrons. The minimum absolute atomic E-state index is 0.0587. The van der Waals surface area contributed by atoms with Crippen molar-refractivity contribution in [2.45, 2.75) is 118 Å². The third-order valence-corrected chi connectivity index (χ3v) is 10.7. The van der Waals surface area contributed by atoms with E-state index < -0.39 is 0 Å². The van der Waals surface area contributed by atoms with Crippen molar-refractivity contribution in [2.24, 2.45) is 46.3 Å². The number of fused-ring (bicyclic) bond motifs is 5. The van der Waals surface area contributed by atoms with Crippen molar-refractivity contribution >= 4 is 5.97 Å². The average Bonchev–Trinajstić information content (AvgIpc) is 3.08. The Kier molecular flexibility index (Phi) is 6.90. The van der Waals surface area contributed by atoms with Crippen LogP contribution in [0, 0.1) is 46.3 Å². The SMILES string of the molecule is CC(=O)OC(CCC(C)C)[C@@H](C)[C@H]1CC[C@H]2[C@@H]3CC=C4C[C@@H](O)CC[C@]4(C)[C@H]3CC[C@]12C. The van der Waals surface area contributed by atoms with E-state index in [9.17, 15) is 9.90 Å². The minimum Gasteiger partial charge on any atom is -0.462 e. The fourth-order valence-corrected chi connectivity index (χ4v) is 8.94. The van der Waals surface area contributed by atoms with Crippen LogP contribution in [0.1, 0.15) is 106 Å². The molecule has 4 aliphatic rings. The lowest BCUT2D eigenvalue weighted by molar-refractivity contribution is -0.152. The summed E-state index contributed by atoms with van der Waals surface area (Å²) in [5.74, 6) is 3.96. The number of hydrogen-bond acceptors (Lipinski definition) is 3. The van der Waals surface area contributed by atoms with Crippen molar-refractivity contribution in [3.63, 3.8) is 0 Å². The second-order valence-electron chi connectivity index (χ2n) is 12.9. The lowest BCUT2D eigenvalue weighted by atomic mass is 9.47. The Morgan fingerprint density at radius 2 is 1.84 bits per heavy atom. The first-order valence-corrected chi connectivity index (χ1v) is 13.6. The molecule has 3 fully saturated rings. The largest absolute Gasteiger partial charge is 0.462 e. The maximum Gasteiger partial charge on any atom is 0.302 e. The molecule has 32 heavy (non-hydrogen) atoms. The molecule has 3 nitrogen and oxygen atoms in total. The highest BCUT2D eigenvalue weighted by molar-refractivity contribution is 5.66. The van der Waals surface area contributed by atoms with Crippen molar-refractivity contribution < 1.29 is 14.6 Å². The van der Waals surface area contributed by atoms with Gasteiger partial charge in [0.15, 0.2) is 0 Å². The molecule has 4 aliphatic carbocycles. The first-order chi connectivity index (χ1) is 15.1. The quantitative estimate of drug-likeness (QED) is 0.357. The molecule has 1 N–H and O–H groups in total. The maximum absolute atomic E-state index is 11.9. The molecule has 3 heteroatoms. The highest BCUT2D eigenvalue weighted by Crippen LogP contribution is 2.67. The smallest absolute Gasteiger partial charge is 0.302 e. The van der Waals surface area contributed by atoms with E-state index in [0.29, 0.717) is 28.6 Å². The van der Waals surface area contributed by atoms with Crippen molar-refractivity contribution in [3.05, 3.63) is 11.6 Å². The Bertz CT molecular complexity index is 726. The number of ether oxygens (including phenoxy) is 1. The van der Waals surface area contributed by atoms with E-state index in [1.807, 2.05) is 0 Å². The number of hydrogen-bond donors (Lipinski definition) is 1. The van der Waals surface area contributed by atoms with Crippen LogP contribution in [0.25, 0.3) is 0 Å². The molecule has 182 valence electrons. The number of rotatable bonds is 6. The zero-order chi connectivity index (χ0) is 23.3. The summed E-state index contributed by atoms with van der Waals surface area (Å²) >= 11 is 0. The summed E-state index contributed by atoms with van der Waals surface area (Å²) in [6.07, 6.45) is 14.1. The standard InChI is InChI=1S/C29H48O3/c1-18(2)7-12-27(32-20(4)30)19(3)24-10-11-25-23-9-8-21-17-22(31)13-15-28(21,5)26(23)14-16-29(24,25)6/h8,18-19,22-27,31H,7,9-17H2,1-6H3/t19-,22-,23-,24+,25-,26-,27?,28-,29+/m0/s1. The van der Waals surface area contributed by atoms with Crippen LogP contribution < -0.4 is 0 Å². The van der Waals surface area contributed by atoms with E-state index in [0.717, 1.165) is 49.9 Å². The van der Waals surface area contributed by atoms with Crippen LogP contribution in [0.15, 0.2) is 11.6 Å². The maximum atomic E-state index is 11.9. The predicted molar refractivity (Wildman–Crippen MR) is 130 cm³/mol. The highest BCUT2D eigenvalue weighted by Gasteiger charge is 2.59. The van der Waals surface area contributed by atoms with Crippen LogP contribution in [-0.4, -0.2) is 23.3 Å². The second kappa shape index (κ2) is 9.08. The molecular formula is C29H48O3. The molecule has 9 atom stereocenters. The Labute approximate surface area is 196 Å². The van der Waals surface area contributed by atoms with E-state index >= 15 is 0 Å². The first-order valence-electron chi connectivity index (χ1n) is 13.6. The van der Waals surface area contributed by atoms with Crippen LogP contribution in [0.5, 0.6) is 0 Å². The summed E-state index contributed by atoms with van der Waals surface area (Å²) < 4.78 is 5.93. The number of aliphatic hydroxyl groups excluding tert-OH is 1. The van der Waals surface area contributed by atoms with Gasteiger partial charge >= 0.3 is 5.97 Å². The third-order valence-electron chi connectivity index (χ3n) is 10.7. The van der Waals surface area contributed by atoms with E-state index in [1.165, 1.54) is 32.1 Å². The number of allylic oxidation sites excluding steroid dienone is 1. The Morgan fingerprint density at radius 3 is 2.53 bits per heavy atom. The Morgan fingerprint density at radius 1 is 1.09 bits per heavy atom. The van der Waals surface area contributed by atoms with Crippen molar-refractivity contribution in [2.75, 3.05) is 0 Å². The molecule has 0 spiro atoms. The molecule has 3 saturated carbocycles. The lowest BCUT2D eigenvalue weighted by Gasteiger charge is -2.58.